The Kier molecular flexibility index (Phi) is 4.65. The third kappa shape index (κ3) is 3.51. The largest absolute Gasteiger partial charge is 0.495 e. The van der Waals surface area contributed by atoms with E-state index in [0.717, 1.165) is 12.1 Å². The molecule has 0 bridgehead atoms. The number of carbonyl (C=O) groups excluding carboxylic acids is 1. The lowest BCUT2D eigenvalue weighted by Gasteiger charge is -2.13. The van der Waals surface area contributed by atoms with Gasteiger partial charge in [0.2, 0.25) is 5.43 Å². The van der Waals surface area contributed by atoms with E-state index in [2.05, 4.69) is 5.32 Å². The molecule has 0 aliphatic rings. The second kappa shape index (κ2) is 6.79. The van der Waals surface area contributed by atoms with Gasteiger partial charge in [-0.1, -0.05) is 12.1 Å². The Labute approximate surface area is 152 Å². The Balaban J connectivity index is 2.02. The monoisotopic (exact) mass is 376 g/mol. The van der Waals surface area contributed by atoms with Crippen molar-refractivity contribution in [2.75, 3.05) is 12.4 Å². The zero-order valence-corrected chi connectivity index (χ0v) is 14.4. The number of nitrogens with one attached hydrogen (secondary N) is 1. The summed E-state index contributed by atoms with van der Waals surface area (Å²) in [7, 11) is 3.11. The summed E-state index contributed by atoms with van der Waals surface area (Å²) >= 11 is 0. The van der Waals surface area contributed by atoms with E-state index >= 15 is 0 Å². The highest BCUT2D eigenvalue weighted by Crippen LogP contribution is 2.30. The number of amides is 1. The first-order valence-electron chi connectivity index (χ1n) is 7.87. The quantitative estimate of drug-likeness (QED) is 0.756. The number of anilines is 1. The smallest absolute Gasteiger partial charge is 0.416 e. The van der Waals surface area contributed by atoms with E-state index in [-0.39, 0.29) is 16.6 Å². The van der Waals surface area contributed by atoms with Gasteiger partial charge in [-0.15, -0.1) is 0 Å². The molecule has 0 fully saturated rings. The van der Waals surface area contributed by atoms with E-state index in [1.165, 1.54) is 25.4 Å². The fraction of sp³-hybridized carbons (Fsp3) is 0.158. The lowest BCUT2D eigenvalue weighted by molar-refractivity contribution is -0.137. The molecule has 0 aliphatic carbocycles. The van der Waals surface area contributed by atoms with Crippen molar-refractivity contribution < 1.29 is 22.7 Å². The average molecular weight is 376 g/mol. The molecule has 0 radical (unpaired) electrons. The minimum atomic E-state index is -4.53. The van der Waals surface area contributed by atoms with Gasteiger partial charge in [-0.2, -0.15) is 13.2 Å². The second-order valence-corrected chi connectivity index (χ2v) is 5.87. The summed E-state index contributed by atoms with van der Waals surface area (Å²) < 4.78 is 45.2. The minimum Gasteiger partial charge on any atom is -0.495 e. The van der Waals surface area contributed by atoms with Crippen LogP contribution in [0.5, 0.6) is 5.75 Å². The molecular weight excluding hydrogens is 361 g/mol. The number of rotatable bonds is 3. The maximum atomic E-state index is 12.8. The van der Waals surface area contributed by atoms with E-state index in [9.17, 15) is 22.8 Å². The first kappa shape index (κ1) is 18.5. The Hall–Kier alpha value is -3.29. The van der Waals surface area contributed by atoms with E-state index in [0.29, 0.717) is 11.3 Å². The summed E-state index contributed by atoms with van der Waals surface area (Å²) in [6.07, 6.45) is -3.20. The molecule has 140 valence electrons. The fourth-order valence-corrected chi connectivity index (χ4v) is 2.83. The topological polar surface area (TPSA) is 60.3 Å². The summed E-state index contributed by atoms with van der Waals surface area (Å²) in [6.45, 7) is 0. The van der Waals surface area contributed by atoms with Gasteiger partial charge in [-0.05, 0) is 30.3 Å². The number of nitrogens with zero attached hydrogens (tertiary/aromatic N) is 1. The molecule has 1 amide bonds. The molecule has 0 saturated heterocycles. The van der Waals surface area contributed by atoms with Crippen molar-refractivity contribution in [1.82, 2.24) is 4.57 Å². The van der Waals surface area contributed by atoms with Gasteiger partial charge < -0.3 is 14.6 Å². The van der Waals surface area contributed by atoms with Gasteiger partial charge in [0.05, 0.1) is 23.6 Å². The predicted octanol–water partition coefficient (Wildman–Crippen LogP) is 3.82. The van der Waals surface area contributed by atoms with E-state index < -0.39 is 23.1 Å². The Morgan fingerprint density at radius 2 is 1.85 bits per heavy atom. The highest BCUT2D eigenvalue weighted by molar-refractivity contribution is 6.06. The van der Waals surface area contributed by atoms with Crippen LogP contribution in [0.15, 0.2) is 53.5 Å². The number of pyridine rings is 1. The number of halogens is 3. The van der Waals surface area contributed by atoms with E-state index in [1.54, 1.807) is 29.8 Å². The van der Waals surface area contributed by atoms with Crippen LogP contribution in [0.3, 0.4) is 0 Å². The number of aryl methyl sites for hydroxylation is 1. The second-order valence-electron chi connectivity index (χ2n) is 5.87. The van der Waals surface area contributed by atoms with Gasteiger partial charge in [0, 0.05) is 18.9 Å². The lowest BCUT2D eigenvalue weighted by Crippen LogP contribution is -2.23. The summed E-state index contributed by atoms with van der Waals surface area (Å²) in [5.41, 5.74) is -1.15. The summed E-state index contributed by atoms with van der Waals surface area (Å²) in [6, 6.07) is 9.08. The molecule has 3 aromatic rings. The van der Waals surface area contributed by atoms with Crippen molar-refractivity contribution in [2.45, 2.75) is 6.18 Å². The van der Waals surface area contributed by atoms with Crippen LogP contribution in [0, 0.1) is 0 Å². The van der Waals surface area contributed by atoms with Crippen molar-refractivity contribution in [2.24, 2.45) is 7.05 Å². The fourth-order valence-electron chi connectivity index (χ4n) is 2.83. The Bertz CT molecular complexity index is 1090. The van der Waals surface area contributed by atoms with Crippen LogP contribution in [-0.4, -0.2) is 17.6 Å². The van der Waals surface area contributed by atoms with Crippen molar-refractivity contribution in [3.63, 3.8) is 0 Å². The number of ether oxygens (including phenoxy) is 1. The number of hydrogen-bond donors (Lipinski definition) is 1. The van der Waals surface area contributed by atoms with Gasteiger partial charge in [0.1, 0.15) is 11.3 Å². The van der Waals surface area contributed by atoms with Crippen molar-refractivity contribution in [1.29, 1.82) is 0 Å². The zero-order chi connectivity index (χ0) is 19.8. The summed E-state index contributed by atoms with van der Waals surface area (Å²) in [5, 5.41) is 2.62. The van der Waals surface area contributed by atoms with Crippen LogP contribution in [0.4, 0.5) is 18.9 Å². The molecule has 27 heavy (non-hydrogen) atoms. The number of fused-ring (bicyclic) bond motifs is 1. The average Bonchev–Trinajstić information content (AvgIpc) is 2.63. The zero-order valence-electron chi connectivity index (χ0n) is 14.4. The van der Waals surface area contributed by atoms with Gasteiger partial charge >= 0.3 is 6.18 Å². The number of aromatic nitrogens is 1. The number of carbonyl (C=O) groups is 1. The highest BCUT2D eigenvalue weighted by atomic mass is 19.4. The first-order valence-corrected chi connectivity index (χ1v) is 7.87. The number of benzene rings is 2. The molecule has 8 heteroatoms. The molecule has 1 aromatic heterocycles. The van der Waals surface area contributed by atoms with Crippen molar-refractivity contribution >= 4 is 22.5 Å². The van der Waals surface area contributed by atoms with Crippen molar-refractivity contribution in [3.8, 4) is 5.75 Å². The molecule has 0 saturated carbocycles. The molecule has 1 heterocycles. The number of methoxy groups -OCH3 is 1. The van der Waals surface area contributed by atoms with Crippen LogP contribution in [0.25, 0.3) is 10.9 Å². The molecule has 5 nitrogen and oxygen atoms in total. The third-order valence-corrected chi connectivity index (χ3v) is 4.08. The van der Waals surface area contributed by atoms with Crippen LogP contribution >= 0.6 is 0 Å². The SMILES string of the molecule is COc1cccc2c(=O)c(C(=O)Nc3cccc(C(F)(F)F)c3)cn(C)c12. The molecule has 2 aromatic carbocycles. The standard InChI is InChI=1S/C19H15F3N2O3/c1-24-10-14(17(25)13-7-4-8-15(27-2)16(13)24)18(26)23-12-6-3-5-11(9-12)19(20,21)22/h3-10H,1-2H3,(H,23,26). The van der Waals surface area contributed by atoms with Crippen molar-refractivity contribution in [3.05, 3.63) is 70.0 Å². The molecule has 0 spiro atoms. The lowest BCUT2D eigenvalue weighted by atomic mass is 10.1. The number of hydrogen-bond acceptors (Lipinski definition) is 3. The molecule has 0 unspecified atom stereocenters. The van der Waals surface area contributed by atoms with Gasteiger partial charge in [0.15, 0.2) is 0 Å². The summed E-state index contributed by atoms with van der Waals surface area (Å²) in [4.78, 5) is 25.2. The normalized spacial score (nSPS) is 11.4. The molecule has 0 aliphatic heterocycles. The maximum absolute atomic E-state index is 12.8. The molecular formula is C19H15F3N2O3. The van der Waals surface area contributed by atoms with Gasteiger partial charge in [-0.3, -0.25) is 9.59 Å². The molecule has 3 rings (SSSR count). The first-order chi connectivity index (χ1) is 12.7. The third-order valence-electron chi connectivity index (χ3n) is 4.08. The van der Waals surface area contributed by atoms with E-state index in [1.807, 2.05) is 0 Å². The van der Waals surface area contributed by atoms with Crippen LogP contribution < -0.4 is 15.5 Å². The van der Waals surface area contributed by atoms with Crippen LogP contribution in [0.2, 0.25) is 0 Å². The number of alkyl halides is 3. The highest BCUT2D eigenvalue weighted by Gasteiger charge is 2.30. The van der Waals surface area contributed by atoms with Gasteiger partial charge in [-0.25, -0.2) is 0 Å². The van der Waals surface area contributed by atoms with Gasteiger partial charge in [0.25, 0.3) is 5.91 Å². The number of para-hydroxylation sites is 1. The Morgan fingerprint density at radius 1 is 1.15 bits per heavy atom. The Morgan fingerprint density at radius 3 is 2.52 bits per heavy atom. The predicted molar refractivity (Wildman–Crippen MR) is 95.1 cm³/mol. The van der Waals surface area contributed by atoms with E-state index in [4.69, 9.17) is 4.74 Å². The maximum Gasteiger partial charge on any atom is 0.416 e. The summed E-state index contributed by atoms with van der Waals surface area (Å²) in [5.74, 6) is -0.323. The van der Waals surface area contributed by atoms with Crippen LogP contribution in [0.1, 0.15) is 15.9 Å². The van der Waals surface area contributed by atoms with Crippen LogP contribution in [-0.2, 0) is 13.2 Å². The minimum absolute atomic E-state index is 0.0531. The molecule has 0 atom stereocenters. The molecule has 1 N–H and O–H groups in total.